The van der Waals surface area contributed by atoms with E-state index >= 15 is 0 Å². The van der Waals surface area contributed by atoms with E-state index in [0.29, 0.717) is 11.4 Å². The van der Waals surface area contributed by atoms with E-state index in [0.717, 1.165) is 16.7 Å². The smallest absolute Gasteiger partial charge is 0.305 e. The number of benzene rings is 2. The van der Waals surface area contributed by atoms with Gasteiger partial charge in [0.1, 0.15) is 23.7 Å². The van der Waals surface area contributed by atoms with Crippen LogP contribution in [-0.2, 0) is 9.59 Å². The molecule has 0 saturated heterocycles. The molecule has 0 saturated carbocycles. The molecular formula is C28H30N2O5. The second kappa shape index (κ2) is 11.0. The Morgan fingerprint density at radius 2 is 1.63 bits per heavy atom. The lowest BCUT2D eigenvalue weighted by Crippen LogP contribution is -2.31. The van der Waals surface area contributed by atoms with E-state index in [1.165, 1.54) is 6.07 Å². The number of Topliss-reactive ketones (excluding diaryl/α,β-unsaturated/α-hetero) is 1. The highest BCUT2D eigenvalue weighted by Crippen LogP contribution is 2.29. The summed E-state index contributed by atoms with van der Waals surface area (Å²) in [4.78, 5) is 41.5. The second-order valence-electron chi connectivity index (χ2n) is 9.35. The summed E-state index contributed by atoms with van der Waals surface area (Å²) in [6.07, 6.45) is -0.266. The third-order valence-corrected chi connectivity index (χ3v) is 5.58. The van der Waals surface area contributed by atoms with Crippen molar-refractivity contribution >= 4 is 17.7 Å². The number of nitrogens with one attached hydrogen (secondary N) is 1. The molecule has 2 aromatic carbocycles. The fourth-order valence-electron chi connectivity index (χ4n) is 3.48. The summed E-state index contributed by atoms with van der Waals surface area (Å²) in [5.41, 5.74) is 2.32. The van der Waals surface area contributed by atoms with Gasteiger partial charge in [-0.15, -0.1) is 0 Å². The second-order valence-corrected chi connectivity index (χ2v) is 9.35. The molecular weight excluding hydrogens is 444 g/mol. The zero-order valence-corrected chi connectivity index (χ0v) is 20.4. The Hall–Kier alpha value is -4.00. The molecule has 7 nitrogen and oxygen atoms in total. The van der Waals surface area contributed by atoms with E-state index in [9.17, 15) is 19.5 Å². The molecule has 0 aliphatic carbocycles. The number of hydrogen-bond acceptors (Lipinski definition) is 5. The van der Waals surface area contributed by atoms with Crippen LogP contribution in [0.3, 0.4) is 0 Å². The molecule has 1 heterocycles. The number of pyridine rings is 1. The number of carboxylic acid groups (broad SMARTS) is 1. The Morgan fingerprint density at radius 1 is 0.971 bits per heavy atom. The predicted molar refractivity (Wildman–Crippen MR) is 133 cm³/mol. The number of aryl methyl sites for hydroxylation is 1. The molecule has 182 valence electrons. The minimum absolute atomic E-state index is 0.0620. The first kappa shape index (κ1) is 25.6. The molecule has 1 amide bonds. The fraction of sp³-hybridized carbons (Fsp3) is 0.286. The van der Waals surface area contributed by atoms with Crippen LogP contribution in [0.2, 0.25) is 0 Å². The van der Waals surface area contributed by atoms with Crippen molar-refractivity contribution in [3.8, 4) is 17.0 Å². The van der Waals surface area contributed by atoms with Gasteiger partial charge in [0, 0.05) is 11.0 Å². The number of carbonyl (C=O) groups excluding carboxylic acids is 2. The van der Waals surface area contributed by atoms with Crippen molar-refractivity contribution in [3.05, 3.63) is 83.6 Å². The predicted octanol–water partition coefficient (Wildman–Crippen LogP) is 5.00. The van der Waals surface area contributed by atoms with Gasteiger partial charge in [-0.25, -0.2) is 4.98 Å². The standard InChI is InChI=1S/C28H30N2O5/c1-18-10-8-9-13-20(18)22(16-25(32)33)30-27(34)21-14-15-23(35-17-24(31)28(2,3)4)26(29-21)19-11-6-5-7-12-19/h5-15,22H,16-17H2,1-4H3,(H,30,34)(H,32,33). The summed E-state index contributed by atoms with van der Waals surface area (Å²) in [5, 5.41) is 12.2. The van der Waals surface area contributed by atoms with Crippen LogP contribution < -0.4 is 10.1 Å². The molecule has 2 N–H and O–H groups in total. The van der Waals surface area contributed by atoms with Gasteiger partial charge in [0.15, 0.2) is 5.78 Å². The summed E-state index contributed by atoms with van der Waals surface area (Å²) in [6, 6.07) is 19.0. The van der Waals surface area contributed by atoms with E-state index in [2.05, 4.69) is 10.3 Å². The average Bonchev–Trinajstić information content (AvgIpc) is 2.82. The highest BCUT2D eigenvalue weighted by atomic mass is 16.5. The van der Waals surface area contributed by atoms with Gasteiger partial charge in [0.2, 0.25) is 0 Å². The van der Waals surface area contributed by atoms with Crippen molar-refractivity contribution in [1.29, 1.82) is 0 Å². The van der Waals surface area contributed by atoms with Crippen molar-refractivity contribution in [2.45, 2.75) is 40.2 Å². The van der Waals surface area contributed by atoms with Crippen molar-refractivity contribution in [2.24, 2.45) is 5.41 Å². The normalized spacial score (nSPS) is 12.0. The number of ketones is 1. The summed E-state index contributed by atoms with van der Waals surface area (Å²) in [7, 11) is 0. The Labute approximate surface area is 205 Å². The first-order valence-electron chi connectivity index (χ1n) is 11.4. The minimum Gasteiger partial charge on any atom is -0.484 e. The number of carbonyl (C=O) groups is 3. The summed E-state index contributed by atoms with van der Waals surface area (Å²) < 4.78 is 5.81. The molecule has 0 aliphatic heterocycles. The van der Waals surface area contributed by atoms with E-state index in [1.807, 2.05) is 70.2 Å². The molecule has 3 rings (SSSR count). The minimum atomic E-state index is -1.02. The van der Waals surface area contributed by atoms with Crippen molar-refractivity contribution in [3.63, 3.8) is 0 Å². The maximum atomic E-state index is 13.2. The highest BCUT2D eigenvalue weighted by molar-refractivity contribution is 5.94. The van der Waals surface area contributed by atoms with Gasteiger partial charge in [-0.2, -0.15) is 0 Å². The molecule has 35 heavy (non-hydrogen) atoms. The Balaban J connectivity index is 1.92. The van der Waals surface area contributed by atoms with E-state index in [4.69, 9.17) is 4.74 Å². The number of nitrogens with zero attached hydrogens (tertiary/aromatic N) is 1. The molecule has 1 unspecified atom stereocenters. The van der Waals surface area contributed by atoms with Crippen molar-refractivity contribution in [1.82, 2.24) is 10.3 Å². The average molecular weight is 475 g/mol. The van der Waals surface area contributed by atoms with Crippen LogP contribution in [0.15, 0.2) is 66.7 Å². The zero-order valence-electron chi connectivity index (χ0n) is 20.4. The van der Waals surface area contributed by atoms with Crippen LogP contribution >= 0.6 is 0 Å². The van der Waals surface area contributed by atoms with Crippen LogP contribution in [0.1, 0.15) is 54.8 Å². The maximum absolute atomic E-state index is 13.2. The van der Waals surface area contributed by atoms with Crippen LogP contribution in [0.5, 0.6) is 5.75 Å². The largest absolute Gasteiger partial charge is 0.484 e. The molecule has 1 atom stereocenters. The van der Waals surface area contributed by atoms with Gasteiger partial charge in [0.05, 0.1) is 12.5 Å². The van der Waals surface area contributed by atoms with Crippen LogP contribution in [-0.4, -0.2) is 34.4 Å². The number of rotatable bonds is 9. The Kier molecular flexibility index (Phi) is 8.02. The van der Waals surface area contributed by atoms with Crippen LogP contribution in [0, 0.1) is 12.3 Å². The lowest BCUT2D eigenvalue weighted by Gasteiger charge is -2.20. The molecule has 0 spiro atoms. The Bertz CT molecular complexity index is 1220. The van der Waals surface area contributed by atoms with E-state index in [1.54, 1.807) is 18.2 Å². The van der Waals surface area contributed by atoms with Crippen molar-refractivity contribution < 1.29 is 24.2 Å². The zero-order chi connectivity index (χ0) is 25.6. The maximum Gasteiger partial charge on any atom is 0.305 e. The topological polar surface area (TPSA) is 106 Å². The third kappa shape index (κ3) is 6.76. The van der Waals surface area contributed by atoms with Gasteiger partial charge in [-0.1, -0.05) is 75.4 Å². The molecule has 3 aromatic rings. The third-order valence-electron chi connectivity index (χ3n) is 5.58. The lowest BCUT2D eigenvalue weighted by atomic mass is 9.91. The SMILES string of the molecule is Cc1ccccc1C(CC(=O)O)NC(=O)c1ccc(OCC(=O)C(C)(C)C)c(-c2ccccc2)n1. The van der Waals surface area contributed by atoms with E-state index < -0.39 is 23.3 Å². The molecule has 0 aliphatic rings. The van der Waals surface area contributed by atoms with Crippen LogP contribution in [0.25, 0.3) is 11.3 Å². The molecule has 7 heteroatoms. The Morgan fingerprint density at radius 3 is 2.26 bits per heavy atom. The molecule has 1 aromatic heterocycles. The van der Waals surface area contributed by atoms with Gasteiger partial charge >= 0.3 is 5.97 Å². The molecule has 0 radical (unpaired) electrons. The fourth-order valence-corrected chi connectivity index (χ4v) is 3.48. The number of carboxylic acids is 1. The number of aromatic nitrogens is 1. The quantitative estimate of drug-likeness (QED) is 0.452. The highest BCUT2D eigenvalue weighted by Gasteiger charge is 2.24. The first-order chi connectivity index (χ1) is 16.6. The van der Waals surface area contributed by atoms with Crippen molar-refractivity contribution in [2.75, 3.05) is 6.61 Å². The first-order valence-corrected chi connectivity index (χ1v) is 11.4. The van der Waals surface area contributed by atoms with E-state index in [-0.39, 0.29) is 24.5 Å². The number of ether oxygens (including phenoxy) is 1. The number of aliphatic carboxylic acids is 1. The summed E-state index contributed by atoms with van der Waals surface area (Å²) >= 11 is 0. The lowest BCUT2D eigenvalue weighted by molar-refractivity contribution is -0.137. The van der Waals surface area contributed by atoms with Gasteiger partial charge < -0.3 is 15.2 Å². The van der Waals surface area contributed by atoms with Gasteiger partial charge in [-0.3, -0.25) is 14.4 Å². The molecule has 0 fully saturated rings. The monoisotopic (exact) mass is 474 g/mol. The van der Waals surface area contributed by atoms with Gasteiger partial charge in [-0.05, 0) is 30.2 Å². The van der Waals surface area contributed by atoms with Gasteiger partial charge in [0.25, 0.3) is 5.91 Å². The van der Waals surface area contributed by atoms with Crippen LogP contribution in [0.4, 0.5) is 0 Å². The summed E-state index contributed by atoms with van der Waals surface area (Å²) in [6.45, 7) is 7.22. The summed E-state index contributed by atoms with van der Waals surface area (Å²) in [5.74, 6) is -1.21. The number of hydrogen-bond donors (Lipinski definition) is 2. The molecule has 0 bridgehead atoms. The number of amides is 1.